The fourth-order valence-corrected chi connectivity index (χ4v) is 3.84. The van der Waals surface area contributed by atoms with Crippen LogP contribution in [-0.4, -0.2) is 43.1 Å². The van der Waals surface area contributed by atoms with Crippen molar-refractivity contribution < 1.29 is 4.79 Å². The van der Waals surface area contributed by atoms with Crippen LogP contribution in [0.1, 0.15) is 31.6 Å². The molecule has 1 fully saturated rings. The predicted molar refractivity (Wildman–Crippen MR) is 107 cm³/mol. The standard InChI is InChI=1S/C20H24N6O2/c1-3-17-22-15-6-4-5-7-16(15)26(17)14-8-11-25(12-9-14)20(28)23-18-19(27)24(2)13-10-21-18/h4-7,10,13-14H,3,8-9,11-12H2,1-2H3,(H,21,23,28). The number of anilines is 1. The molecule has 0 bridgehead atoms. The summed E-state index contributed by atoms with van der Waals surface area (Å²) < 4.78 is 3.73. The van der Waals surface area contributed by atoms with Crippen LogP contribution in [0.5, 0.6) is 0 Å². The SMILES string of the molecule is CCc1nc2ccccc2n1C1CCN(C(=O)Nc2nccn(C)c2=O)CC1. The third-order valence-electron chi connectivity index (χ3n) is 5.34. The third-order valence-corrected chi connectivity index (χ3v) is 5.34. The molecule has 0 spiro atoms. The van der Waals surface area contributed by atoms with Gasteiger partial charge in [-0.05, 0) is 25.0 Å². The molecule has 3 aromatic rings. The molecule has 1 aromatic carbocycles. The number of carbonyl (C=O) groups excluding carboxylic acids is 1. The molecule has 0 unspecified atom stereocenters. The second-order valence-corrected chi connectivity index (χ2v) is 7.08. The van der Waals surface area contributed by atoms with Gasteiger partial charge in [-0.1, -0.05) is 19.1 Å². The molecule has 1 N–H and O–H groups in total. The van der Waals surface area contributed by atoms with Crippen LogP contribution >= 0.6 is 0 Å². The van der Waals surface area contributed by atoms with E-state index in [1.54, 1.807) is 18.1 Å². The lowest BCUT2D eigenvalue weighted by Crippen LogP contribution is -2.42. The number of urea groups is 1. The molecule has 0 radical (unpaired) electrons. The highest BCUT2D eigenvalue weighted by Crippen LogP contribution is 2.29. The Hall–Kier alpha value is -3.16. The van der Waals surface area contributed by atoms with Crippen LogP contribution in [0.25, 0.3) is 11.0 Å². The van der Waals surface area contributed by atoms with Crippen LogP contribution in [0, 0.1) is 0 Å². The summed E-state index contributed by atoms with van der Waals surface area (Å²) in [5, 5.41) is 2.65. The zero-order valence-corrected chi connectivity index (χ0v) is 16.1. The summed E-state index contributed by atoms with van der Waals surface area (Å²) >= 11 is 0. The number of hydrogen-bond acceptors (Lipinski definition) is 4. The van der Waals surface area contributed by atoms with E-state index < -0.39 is 0 Å². The highest BCUT2D eigenvalue weighted by Gasteiger charge is 2.27. The fraction of sp³-hybridized carbons (Fsp3) is 0.400. The summed E-state index contributed by atoms with van der Waals surface area (Å²) in [6.07, 6.45) is 5.63. The summed E-state index contributed by atoms with van der Waals surface area (Å²) in [5.41, 5.74) is 1.85. The van der Waals surface area contributed by atoms with Gasteiger partial charge in [0.15, 0.2) is 0 Å². The Balaban J connectivity index is 1.47. The molecule has 4 rings (SSSR count). The van der Waals surface area contributed by atoms with Crippen molar-refractivity contribution in [2.75, 3.05) is 18.4 Å². The van der Waals surface area contributed by atoms with Gasteiger partial charge in [0.25, 0.3) is 5.56 Å². The Bertz CT molecular complexity index is 1060. The molecule has 146 valence electrons. The van der Waals surface area contributed by atoms with Gasteiger partial charge in [-0.25, -0.2) is 14.8 Å². The Morgan fingerprint density at radius 3 is 2.75 bits per heavy atom. The van der Waals surface area contributed by atoms with E-state index in [0.717, 1.165) is 36.1 Å². The van der Waals surface area contributed by atoms with Crippen LogP contribution in [0.4, 0.5) is 10.6 Å². The maximum absolute atomic E-state index is 12.6. The van der Waals surface area contributed by atoms with Crippen LogP contribution in [0.3, 0.4) is 0 Å². The average molecular weight is 380 g/mol. The molecular weight excluding hydrogens is 356 g/mol. The zero-order chi connectivity index (χ0) is 19.7. The number of rotatable bonds is 3. The fourth-order valence-electron chi connectivity index (χ4n) is 3.84. The van der Waals surface area contributed by atoms with Crippen LogP contribution in [0.2, 0.25) is 0 Å². The largest absolute Gasteiger partial charge is 0.325 e. The molecule has 0 aliphatic carbocycles. The van der Waals surface area contributed by atoms with Crippen molar-refractivity contribution in [2.24, 2.45) is 7.05 Å². The van der Waals surface area contributed by atoms with E-state index in [4.69, 9.17) is 4.98 Å². The second kappa shape index (κ2) is 7.46. The van der Waals surface area contributed by atoms with E-state index in [1.807, 2.05) is 18.2 Å². The number of amides is 2. The minimum atomic E-state index is -0.316. The zero-order valence-electron chi connectivity index (χ0n) is 16.1. The summed E-state index contributed by atoms with van der Waals surface area (Å²) in [4.78, 5) is 35.1. The maximum Gasteiger partial charge on any atom is 0.323 e. The molecule has 28 heavy (non-hydrogen) atoms. The molecule has 8 heteroatoms. The first-order chi connectivity index (χ1) is 13.6. The Morgan fingerprint density at radius 1 is 1.25 bits per heavy atom. The van der Waals surface area contributed by atoms with Crippen molar-refractivity contribution >= 4 is 22.9 Å². The molecule has 1 aliphatic rings. The van der Waals surface area contributed by atoms with Gasteiger partial charge in [0.05, 0.1) is 11.0 Å². The molecule has 3 heterocycles. The minimum absolute atomic E-state index is 0.0611. The van der Waals surface area contributed by atoms with E-state index in [9.17, 15) is 9.59 Å². The average Bonchev–Trinajstić information content (AvgIpc) is 3.10. The van der Waals surface area contributed by atoms with Crippen molar-refractivity contribution in [3.8, 4) is 0 Å². The van der Waals surface area contributed by atoms with Crippen LogP contribution in [0.15, 0.2) is 41.5 Å². The van der Waals surface area contributed by atoms with Gasteiger partial charge in [0, 0.05) is 45.0 Å². The number of carbonyl (C=O) groups is 1. The molecule has 8 nitrogen and oxygen atoms in total. The molecule has 0 atom stereocenters. The van der Waals surface area contributed by atoms with Crippen LogP contribution in [-0.2, 0) is 13.5 Å². The molecule has 2 amide bonds. The highest BCUT2D eigenvalue weighted by molar-refractivity contribution is 5.88. The molecule has 2 aromatic heterocycles. The lowest BCUT2D eigenvalue weighted by Gasteiger charge is -2.33. The summed E-state index contributed by atoms with van der Waals surface area (Å²) in [5.74, 6) is 1.15. The van der Waals surface area contributed by atoms with Crippen molar-refractivity contribution in [3.05, 3.63) is 52.8 Å². The van der Waals surface area contributed by atoms with Gasteiger partial charge < -0.3 is 14.0 Å². The van der Waals surface area contributed by atoms with Gasteiger partial charge in [-0.15, -0.1) is 0 Å². The van der Waals surface area contributed by atoms with Gasteiger partial charge in [-0.2, -0.15) is 0 Å². The normalized spacial score (nSPS) is 15.1. The number of imidazole rings is 1. The van der Waals surface area contributed by atoms with Crippen LogP contribution < -0.4 is 10.9 Å². The number of nitrogens with one attached hydrogen (secondary N) is 1. The van der Waals surface area contributed by atoms with Crippen molar-refractivity contribution in [1.82, 2.24) is 24.0 Å². The van der Waals surface area contributed by atoms with E-state index in [-0.39, 0.29) is 17.4 Å². The Labute approximate surface area is 162 Å². The summed E-state index contributed by atoms with van der Waals surface area (Å²) in [6, 6.07) is 8.23. The third kappa shape index (κ3) is 3.26. The van der Waals surface area contributed by atoms with E-state index in [2.05, 4.69) is 27.9 Å². The minimum Gasteiger partial charge on any atom is -0.325 e. The molecular formula is C20H24N6O2. The van der Waals surface area contributed by atoms with Crippen molar-refractivity contribution in [2.45, 2.75) is 32.2 Å². The second-order valence-electron chi connectivity index (χ2n) is 7.08. The van der Waals surface area contributed by atoms with Gasteiger partial charge in [-0.3, -0.25) is 10.1 Å². The van der Waals surface area contributed by atoms with Gasteiger partial charge >= 0.3 is 6.03 Å². The first-order valence-electron chi connectivity index (χ1n) is 9.62. The van der Waals surface area contributed by atoms with E-state index in [0.29, 0.717) is 19.1 Å². The van der Waals surface area contributed by atoms with E-state index in [1.165, 1.54) is 10.8 Å². The number of hydrogen-bond donors (Lipinski definition) is 1. The van der Waals surface area contributed by atoms with E-state index >= 15 is 0 Å². The van der Waals surface area contributed by atoms with Crippen molar-refractivity contribution in [1.29, 1.82) is 0 Å². The number of nitrogens with zero attached hydrogens (tertiary/aromatic N) is 5. The summed E-state index contributed by atoms with van der Waals surface area (Å²) in [7, 11) is 1.63. The first kappa shape index (κ1) is 18.2. The lowest BCUT2D eigenvalue weighted by molar-refractivity contribution is 0.184. The number of fused-ring (bicyclic) bond motifs is 1. The monoisotopic (exact) mass is 380 g/mol. The number of likely N-dealkylation sites (tertiary alicyclic amines) is 1. The predicted octanol–water partition coefficient (Wildman–Crippen LogP) is 2.56. The lowest BCUT2D eigenvalue weighted by atomic mass is 10.0. The maximum atomic E-state index is 12.6. The number of benzene rings is 1. The Morgan fingerprint density at radius 2 is 2.00 bits per heavy atom. The highest BCUT2D eigenvalue weighted by atomic mass is 16.2. The smallest absolute Gasteiger partial charge is 0.323 e. The quantitative estimate of drug-likeness (QED) is 0.757. The first-order valence-corrected chi connectivity index (χ1v) is 9.62. The van der Waals surface area contributed by atoms with Gasteiger partial charge in [0.1, 0.15) is 5.82 Å². The number of piperidine rings is 1. The topological polar surface area (TPSA) is 85.1 Å². The number of aryl methyl sites for hydroxylation is 2. The Kier molecular flexibility index (Phi) is 4.85. The molecule has 1 aliphatic heterocycles. The molecule has 1 saturated heterocycles. The van der Waals surface area contributed by atoms with Crippen molar-refractivity contribution in [3.63, 3.8) is 0 Å². The number of para-hydroxylation sites is 2. The van der Waals surface area contributed by atoms with Gasteiger partial charge in [0.2, 0.25) is 5.82 Å². The number of aromatic nitrogens is 4. The molecule has 0 saturated carbocycles. The summed E-state index contributed by atoms with van der Waals surface area (Å²) in [6.45, 7) is 3.37.